The van der Waals surface area contributed by atoms with Crippen LogP contribution >= 0.6 is 0 Å². The maximum absolute atomic E-state index is 12.5. The van der Waals surface area contributed by atoms with Crippen LogP contribution in [0.15, 0.2) is 30.3 Å². The largest absolute Gasteiger partial charge is 0.465 e. The number of aromatic nitrogens is 1. The molecular weight excluding hydrogens is 358 g/mol. The van der Waals surface area contributed by atoms with Crippen molar-refractivity contribution in [2.45, 2.75) is 26.3 Å². The van der Waals surface area contributed by atoms with Crippen LogP contribution in [0, 0.1) is 6.92 Å². The molecule has 0 spiro atoms. The van der Waals surface area contributed by atoms with Gasteiger partial charge in [0.05, 0.1) is 30.8 Å². The molecular formula is C21H27N3O4. The maximum Gasteiger partial charge on any atom is 0.339 e. The van der Waals surface area contributed by atoms with Crippen molar-refractivity contribution in [1.29, 1.82) is 0 Å². The van der Waals surface area contributed by atoms with Gasteiger partial charge in [-0.25, -0.2) is 4.79 Å². The number of ketones is 1. The summed E-state index contributed by atoms with van der Waals surface area (Å²) < 4.78 is 4.81. The van der Waals surface area contributed by atoms with Crippen LogP contribution in [0.4, 0.5) is 0 Å². The monoisotopic (exact) mass is 385 g/mol. The number of nitrogens with one attached hydrogen (secondary N) is 2. The first-order chi connectivity index (χ1) is 13.3. The molecule has 0 bridgehead atoms. The SMILES string of the molecule is COC(=O)c1c(CC(=O)NCC(c2ccccc2)N(C)C)[nH]c(C(C)=O)c1C. The molecule has 0 aliphatic rings. The number of hydrogen-bond acceptors (Lipinski definition) is 5. The number of esters is 1. The number of H-pyrrole nitrogens is 1. The van der Waals surface area contributed by atoms with Crippen LogP contribution < -0.4 is 5.32 Å². The predicted molar refractivity (Wildman–Crippen MR) is 106 cm³/mol. The standard InChI is InChI=1S/C21H27N3O4/c1-13-19(21(27)28-5)16(23-20(13)14(2)25)11-18(26)22-12-17(24(3)4)15-9-7-6-8-10-15/h6-10,17,23H,11-12H2,1-5H3,(H,22,26). The molecule has 1 atom stereocenters. The van der Waals surface area contributed by atoms with Crippen LogP contribution in [0.25, 0.3) is 0 Å². The molecule has 2 rings (SSSR count). The Balaban J connectivity index is 2.15. The van der Waals surface area contributed by atoms with Crippen molar-refractivity contribution >= 4 is 17.7 Å². The summed E-state index contributed by atoms with van der Waals surface area (Å²) in [6, 6.07) is 9.91. The van der Waals surface area contributed by atoms with Gasteiger partial charge in [-0.2, -0.15) is 0 Å². The Morgan fingerprint density at radius 3 is 2.36 bits per heavy atom. The Morgan fingerprint density at radius 1 is 1.18 bits per heavy atom. The third-order valence-electron chi connectivity index (χ3n) is 4.71. The first kappa shape index (κ1) is 21.4. The zero-order valence-electron chi connectivity index (χ0n) is 17.0. The topological polar surface area (TPSA) is 91.5 Å². The lowest BCUT2D eigenvalue weighted by Crippen LogP contribution is -2.35. The fourth-order valence-electron chi connectivity index (χ4n) is 3.23. The number of ether oxygens (including phenoxy) is 1. The highest BCUT2D eigenvalue weighted by Gasteiger charge is 2.24. The number of Topliss-reactive ketones (excluding diaryl/α,β-unsaturated/α-hetero) is 1. The molecule has 7 heteroatoms. The fraction of sp³-hybridized carbons (Fsp3) is 0.381. The van der Waals surface area contributed by atoms with Gasteiger partial charge in [0.1, 0.15) is 0 Å². The smallest absolute Gasteiger partial charge is 0.339 e. The van der Waals surface area contributed by atoms with E-state index < -0.39 is 5.97 Å². The van der Waals surface area contributed by atoms with Gasteiger partial charge in [0.2, 0.25) is 5.91 Å². The predicted octanol–water partition coefficient (Wildman–Crippen LogP) is 2.27. The van der Waals surface area contributed by atoms with E-state index >= 15 is 0 Å². The van der Waals surface area contributed by atoms with E-state index in [4.69, 9.17) is 4.74 Å². The van der Waals surface area contributed by atoms with E-state index in [0.717, 1.165) is 5.56 Å². The average Bonchev–Trinajstić information content (AvgIpc) is 2.98. The van der Waals surface area contributed by atoms with Gasteiger partial charge in [0.15, 0.2) is 5.78 Å². The molecule has 1 aromatic heterocycles. The number of amides is 1. The summed E-state index contributed by atoms with van der Waals surface area (Å²) in [5.74, 6) is -1.02. The van der Waals surface area contributed by atoms with Crippen molar-refractivity contribution in [3.05, 3.63) is 58.4 Å². The molecule has 0 aliphatic carbocycles. The van der Waals surface area contributed by atoms with Crippen LogP contribution in [-0.2, 0) is 16.0 Å². The zero-order chi connectivity index (χ0) is 20.8. The Hall–Kier alpha value is -2.93. The van der Waals surface area contributed by atoms with Gasteiger partial charge in [-0.1, -0.05) is 30.3 Å². The number of carbonyl (C=O) groups excluding carboxylic acids is 3. The first-order valence-electron chi connectivity index (χ1n) is 9.05. The third-order valence-corrected chi connectivity index (χ3v) is 4.71. The van der Waals surface area contributed by atoms with Gasteiger partial charge >= 0.3 is 5.97 Å². The number of benzene rings is 1. The summed E-state index contributed by atoms with van der Waals surface area (Å²) in [6.07, 6.45) is -0.0481. The molecule has 1 heterocycles. The van der Waals surface area contributed by atoms with Crippen LogP contribution in [0.5, 0.6) is 0 Å². The summed E-state index contributed by atoms with van der Waals surface area (Å²) in [4.78, 5) is 41.4. The number of nitrogens with zero attached hydrogens (tertiary/aromatic N) is 1. The van der Waals surface area contributed by atoms with Crippen molar-refractivity contribution in [2.24, 2.45) is 0 Å². The molecule has 0 radical (unpaired) electrons. The average molecular weight is 385 g/mol. The molecule has 1 aromatic carbocycles. The highest BCUT2D eigenvalue weighted by Crippen LogP contribution is 2.21. The molecule has 0 saturated carbocycles. The third kappa shape index (κ3) is 4.86. The Bertz CT molecular complexity index is 856. The lowest BCUT2D eigenvalue weighted by atomic mass is 10.1. The van der Waals surface area contributed by atoms with Crippen molar-refractivity contribution in [3.63, 3.8) is 0 Å². The summed E-state index contributed by atoms with van der Waals surface area (Å²) in [7, 11) is 5.17. The van der Waals surface area contributed by atoms with Crippen molar-refractivity contribution in [1.82, 2.24) is 15.2 Å². The quantitative estimate of drug-likeness (QED) is 0.537. The number of rotatable bonds is 8. The van der Waals surface area contributed by atoms with Gasteiger partial charge in [-0.05, 0) is 32.1 Å². The summed E-state index contributed by atoms with van der Waals surface area (Å²) in [5.41, 5.74) is 2.54. The summed E-state index contributed by atoms with van der Waals surface area (Å²) in [6.45, 7) is 3.49. The summed E-state index contributed by atoms with van der Waals surface area (Å²) >= 11 is 0. The first-order valence-corrected chi connectivity index (χ1v) is 9.05. The van der Waals surface area contributed by atoms with Gasteiger partial charge < -0.3 is 19.9 Å². The van der Waals surface area contributed by atoms with Gasteiger partial charge in [0.25, 0.3) is 0 Å². The number of hydrogen-bond donors (Lipinski definition) is 2. The maximum atomic E-state index is 12.5. The van der Waals surface area contributed by atoms with E-state index in [9.17, 15) is 14.4 Å². The van der Waals surface area contributed by atoms with E-state index in [1.54, 1.807) is 6.92 Å². The second-order valence-corrected chi connectivity index (χ2v) is 6.90. The Labute approximate surface area is 165 Å². The van der Waals surface area contributed by atoms with Gasteiger partial charge in [-0.15, -0.1) is 0 Å². The van der Waals surface area contributed by atoms with Gasteiger partial charge in [0, 0.05) is 19.2 Å². The minimum Gasteiger partial charge on any atom is -0.465 e. The molecule has 28 heavy (non-hydrogen) atoms. The Morgan fingerprint density at radius 2 is 1.82 bits per heavy atom. The molecule has 0 aliphatic heterocycles. The van der Waals surface area contributed by atoms with E-state index in [1.165, 1.54) is 14.0 Å². The minimum atomic E-state index is -0.570. The van der Waals surface area contributed by atoms with Crippen molar-refractivity contribution in [3.8, 4) is 0 Å². The molecule has 7 nitrogen and oxygen atoms in total. The number of likely N-dealkylation sites (N-methyl/N-ethyl adjacent to an activating group) is 1. The molecule has 2 N–H and O–H groups in total. The second kappa shape index (κ2) is 9.32. The minimum absolute atomic E-state index is 0.0170. The molecule has 2 aromatic rings. The Kier molecular flexibility index (Phi) is 7.12. The number of aromatic amines is 1. The lowest BCUT2D eigenvalue weighted by molar-refractivity contribution is -0.120. The van der Waals surface area contributed by atoms with Crippen LogP contribution in [-0.4, -0.2) is 55.3 Å². The lowest BCUT2D eigenvalue weighted by Gasteiger charge is -2.25. The number of methoxy groups -OCH3 is 1. The van der Waals surface area contributed by atoms with E-state index in [2.05, 4.69) is 10.3 Å². The van der Waals surface area contributed by atoms with E-state index in [1.807, 2.05) is 49.3 Å². The molecule has 0 saturated heterocycles. The zero-order valence-corrected chi connectivity index (χ0v) is 17.0. The highest BCUT2D eigenvalue weighted by atomic mass is 16.5. The highest BCUT2D eigenvalue weighted by molar-refractivity contribution is 6.01. The molecule has 1 unspecified atom stereocenters. The number of carbonyl (C=O) groups is 3. The summed E-state index contributed by atoms with van der Waals surface area (Å²) in [5, 5.41) is 2.92. The van der Waals surface area contributed by atoms with E-state index in [-0.39, 0.29) is 29.7 Å². The van der Waals surface area contributed by atoms with Crippen molar-refractivity contribution in [2.75, 3.05) is 27.7 Å². The van der Waals surface area contributed by atoms with Crippen LogP contribution in [0.2, 0.25) is 0 Å². The van der Waals surface area contributed by atoms with Crippen LogP contribution in [0.3, 0.4) is 0 Å². The fourth-order valence-corrected chi connectivity index (χ4v) is 3.23. The molecule has 0 fully saturated rings. The second-order valence-electron chi connectivity index (χ2n) is 6.90. The van der Waals surface area contributed by atoms with E-state index in [0.29, 0.717) is 23.5 Å². The normalized spacial score (nSPS) is 11.9. The molecule has 150 valence electrons. The van der Waals surface area contributed by atoms with Gasteiger partial charge in [-0.3, -0.25) is 9.59 Å². The van der Waals surface area contributed by atoms with Crippen LogP contribution in [0.1, 0.15) is 50.6 Å². The van der Waals surface area contributed by atoms with Crippen molar-refractivity contribution < 1.29 is 19.1 Å². The molecule has 1 amide bonds.